The van der Waals surface area contributed by atoms with E-state index in [1.54, 1.807) is 13.2 Å². The van der Waals surface area contributed by atoms with Crippen LogP contribution < -0.4 is 16.6 Å². The summed E-state index contributed by atoms with van der Waals surface area (Å²) in [6, 6.07) is 1.76. The van der Waals surface area contributed by atoms with Crippen LogP contribution in [0.5, 0.6) is 0 Å². The second kappa shape index (κ2) is 5.47. The van der Waals surface area contributed by atoms with Crippen molar-refractivity contribution in [1.82, 2.24) is 9.97 Å². The number of hydrazine groups is 1. The molecule has 0 radical (unpaired) electrons. The predicted octanol–water partition coefficient (Wildman–Crippen LogP) is 0.288. The van der Waals surface area contributed by atoms with Gasteiger partial charge in [0.05, 0.1) is 6.61 Å². The lowest BCUT2D eigenvalue weighted by molar-refractivity contribution is -0.00625. The van der Waals surface area contributed by atoms with Gasteiger partial charge in [0.25, 0.3) is 0 Å². The smallest absolute Gasteiger partial charge is 0.145 e. The Hall–Kier alpha value is -1.44. The van der Waals surface area contributed by atoms with Crippen molar-refractivity contribution in [2.75, 3.05) is 37.6 Å². The van der Waals surface area contributed by atoms with Gasteiger partial charge in [0, 0.05) is 32.7 Å². The topological polar surface area (TPSA) is 94.3 Å². The number of hydrogen-bond acceptors (Lipinski definition) is 7. The second-order valence-electron chi connectivity index (χ2n) is 4.37. The molecule has 1 unspecified atom stereocenters. The number of ether oxygens (including phenoxy) is 2. The van der Waals surface area contributed by atoms with Gasteiger partial charge in [0.15, 0.2) is 0 Å². The zero-order chi connectivity index (χ0) is 13.0. The number of aromatic nitrogens is 2. The van der Waals surface area contributed by atoms with E-state index in [1.165, 1.54) is 0 Å². The fourth-order valence-electron chi connectivity index (χ4n) is 1.94. The van der Waals surface area contributed by atoms with Gasteiger partial charge in [0.1, 0.15) is 23.1 Å². The van der Waals surface area contributed by atoms with E-state index in [9.17, 15) is 0 Å². The van der Waals surface area contributed by atoms with Gasteiger partial charge in [-0.3, -0.25) is 0 Å². The molecule has 4 N–H and O–H groups in total. The van der Waals surface area contributed by atoms with Gasteiger partial charge in [-0.25, -0.2) is 15.8 Å². The van der Waals surface area contributed by atoms with E-state index in [1.807, 2.05) is 6.92 Å². The molecule has 0 bridgehead atoms. The first-order valence-corrected chi connectivity index (χ1v) is 5.86. The first kappa shape index (κ1) is 13.0. The number of nitrogen functional groups attached to an aromatic ring is 1. The van der Waals surface area contributed by atoms with E-state index < -0.39 is 0 Å². The minimum Gasteiger partial charge on any atom is -0.378 e. The van der Waals surface area contributed by atoms with Gasteiger partial charge < -0.3 is 20.2 Å². The van der Waals surface area contributed by atoms with E-state index in [0.717, 1.165) is 18.8 Å². The maximum Gasteiger partial charge on any atom is 0.145 e. The molecule has 1 aromatic heterocycles. The van der Waals surface area contributed by atoms with Crippen LogP contribution in [0.4, 0.5) is 11.6 Å². The molecule has 100 valence electrons. The summed E-state index contributed by atoms with van der Waals surface area (Å²) in [5.74, 6) is 7.30. The Bertz CT molecular complexity index is 406. The van der Waals surface area contributed by atoms with Crippen LogP contribution in [0.1, 0.15) is 12.2 Å². The molecule has 2 heterocycles. The monoisotopic (exact) mass is 253 g/mol. The summed E-state index contributed by atoms with van der Waals surface area (Å²) >= 11 is 0. The van der Waals surface area contributed by atoms with Crippen molar-refractivity contribution >= 4 is 11.6 Å². The highest BCUT2D eigenvalue weighted by Crippen LogP contribution is 2.23. The maximum atomic E-state index is 5.54. The normalized spacial score (nSPS) is 23.1. The number of nitrogens with one attached hydrogen (secondary N) is 2. The molecule has 18 heavy (non-hydrogen) atoms. The summed E-state index contributed by atoms with van der Waals surface area (Å²) < 4.78 is 10.9. The van der Waals surface area contributed by atoms with E-state index in [0.29, 0.717) is 24.8 Å². The van der Waals surface area contributed by atoms with Gasteiger partial charge in [-0.2, -0.15) is 0 Å². The number of nitrogens with zero attached hydrogens (tertiary/aromatic N) is 2. The summed E-state index contributed by atoms with van der Waals surface area (Å²) in [6.45, 7) is 3.79. The van der Waals surface area contributed by atoms with Crippen molar-refractivity contribution in [1.29, 1.82) is 0 Å². The fourth-order valence-corrected chi connectivity index (χ4v) is 1.94. The number of anilines is 2. The van der Waals surface area contributed by atoms with Crippen LogP contribution >= 0.6 is 0 Å². The fraction of sp³-hybridized carbons (Fsp3) is 0.636. The molecule has 1 saturated heterocycles. The highest BCUT2D eigenvalue weighted by molar-refractivity contribution is 5.46. The van der Waals surface area contributed by atoms with Gasteiger partial charge in [-0.1, -0.05) is 0 Å². The van der Waals surface area contributed by atoms with Crippen molar-refractivity contribution in [2.24, 2.45) is 5.84 Å². The summed E-state index contributed by atoms with van der Waals surface area (Å²) in [5, 5.41) is 3.24. The van der Waals surface area contributed by atoms with E-state index in [-0.39, 0.29) is 5.60 Å². The molecular weight excluding hydrogens is 234 g/mol. The van der Waals surface area contributed by atoms with Gasteiger partial charge in [-0.05, 0) is 6.92 Å². The third kappa shape index (κ3) is 2.87. The third-order valence-corrected chi connectivity index (χ3v) is 3.08. The average Bonchev–Trinajstić information content (AvgIpc) is 2.85. The largest absolute Gasteiger partial charge is 0.378 e. The average molecular weight is 253 g/mol. The third-order valence-electron chi connectivity index (χ3n) is 3.08. The lowest BCUT2D eigenvalue weighted by Crippen LogP contribution is -2.39. The summed E-state index contributed by atoms with van der Waals surface area (Å²) in [5.41, 5.74) is 2.24. The summed E-state index contributed by atoms with van der Waals surface area (Å²) in [6.07, 6.45) is 0.878. The van der Waals surface area contributed by atoms with Crippen LogP contribution in [-0.4, -0.2) is 42.4 Å². The number of aryl methyl sites for hydroxylation is 1. The number of nitrogens with two attached hydrogens (primary N) is 1. The zero-order valence-corrected chi connectivity index (χ0v) is 10.7. The molecule has 1 aromatic rings. The lowest BCUT2D eigenvalue weighted by atomic mass is 10.0. The minimum absolute atomic E-state index is 0.269. The lowest BCUT2D eigenvalue weighted by Gasteiger charge is -2.26. The number of rotatable bonds is 5. The number of hydrogen-bond donors (Lipinski definition) is 3. The van der Waals surface area contributed by atoms with Crippen molar-refractivity contribution < 1.29 is 9.47 Å². The summed E-state index contributed by atoms with van der Waals surface area (Å²) in [7, 11) is 1.70. The number of methoxy groups -OCH3 is 1. The summed E-state index contributed by atoms with van der Waals surface area (Å²) in [4.78, 5) is 8.42. The first-order valence-electron chi connectivity index (χ1n) is 5.86. The van der Waals surface area contributed by atoms with Gasteiger partial charge in [0.2, 0.25) is 0 Å². The first-order chi connectivity index (χ1) is 8.67. The van der Waals surface area contributed by atoms with Crippen molar-refractivity contribution in [3.63, 3.8) is 0 Å². The zero-order valence-electron chi connectivity index (χ0n) is 10.7. The molecule has 0 saturated carbocycles. The Morgan fingerprint density at radius 1 is 1.50 bits per heavy atom. The highest BCUT2D eigenvalue weighted by Gasteiger charge is 2.34. The van der Waals surface area contributed by atoms with Crippen LogP contribution in [0.25, 0.3) is 0 Å². The van der Waals surface area contributed by atoms with Crippen molar-refractivity contribution in [2.45, 2.75) is 18.9 Å². The van der Waals surface area contributed by atoms with Gasteiger partial charge in [-0.15, -0.1) is 0 Å². The van der Waals surface area contributed by atoms with Crippen LogP contribution in [-0.2, 0) is 9.47 Å². The second-order valence-corrected chi connectivity index (χ2v) is 4.37. The molecule has 0 spiro atoms. The molecule has 7 nitrogen and oxygen atoms in total. The highest BCUT2D eigenvalue weighted by atomic mass is 16.5. The molecule has 2 rings (SSSR count). The minimum atomic E-state index is -0.269. The SMILES string of the molecule is COC1(CNc2cc(NN)nc(C)n2)CCOC1. The Morgan fingerprint density at radius 2 is 2.28 bits per heavy atom. The van der Waals surface area contributed by atoms with Crippen LogP contribution in [0.3, 0.4) is 0 Å². The van der Waals surface area contributed by atoms with Crippen molar-refractivity contribution in [3.05, 3.63) is 11.9 Å². The molecule has 1 aliphatic heterocycles. The van der Waals surface area contributed by atoms with Crippen LogP contribution in [0.2, 0.25) is 0 Å². The van der Waals surface area contributed by atoms with Crippen LogP contribution in [0, 0.1) is 6.92 Å². The van der Waals surface area contributed by atoms with E-state index in [4.69, 9.17) is 15.3 Å². The Morgan fingerprint density at radius 3 is 2.89 bits per heavy atom. The molecule has 0 aliphatic carbocycles. The Balaban J connectivity index is 2.03. The standard InChI is InChI=1S/C11H19N5O2/c1-8-14-9(5-10(15-8)16-12)13-6-11(17-2)3-4-18-7-11/h5H,3-4,6-7,12H2,1-2H3,(H2,13,14,15,16). The van der Waals surface area contributed by atoms with E-state index >= 15 is 0 Å². The molecule has 7 heteroatoms. The Labute approximate surface area is 106 Å². The quantitative estimate of drug-likeness (QED) is 0.513. The molecule has 1 fully saturated rings. The van der Waals surface area contributed by atoms with Crippen LogP contribution in [0.15, 0.2) is 6.07 Å². The molecule has 0 amide bonds. The Kier molecular flexibility index (Phi) is 3.95. The predicted molar refractivity (Wildman–Crippen MR) is 68.2 cm³/mol. The maximum absolute atomic E-state index is 5.54. The van der Waals surface area contributed by atoms with Gasteiger partial charge >= 0.3 is 0 Å². The molecule has 1 atom stereocenters. The molecular formula is C11H19N5O2. The van der Waals surface area contributed by atoms with Crippen molar-refractivity contribution in [3.8, 4) is 0 Å². The van der Waals surface area contributed by atoms with E-state index in [2.05, 4.69) is 20.7 Å². The molecule has 0 aromatic carbocycles. The molecule has 1 aliphatic rings.